The highest BCUT2D eigenvalue weighted by Crippen LogP contribution is 2.29. The highest BCUT2D eigenvalue weighted by atomic mass is 32.1. The van der Waals surface area contributed by atoms with Crippen LogP contribution in [-0.4, -0.2) is 52.3 Å². The van der Waals surface area contributed by atoms with E-state index >= 15 is 0 Å². The van der Waals surface area contributed by atoms with Crippen LogP contribution < -0.4 is 10.6 Å². The quantitative estimate of drug-likeness (QED) is 0.259. The van der Waals surface area contributed by atoms with Gasteiger partial charge in [-0.05, 0) is 90.3 Å². The van der Waals surface area contributed by atoms with Gasteiger partial charge in [0.15, 0.2) is 0 Å². The number of rotatable bonds is 13. The van der Waals surface area contributed by atoms with Gasteiger partial charge < -0.3 is 20.3 Å². The molecule has 3 amide bonds. The van der Waals surface area contributed by atoms with Crippen LogP contribution in [0.15, 0.2) is 18.2 Å². The predicted molar refractivity (Wildman–Crippen MR) is 159 cm³/mol. The van der Waals surface area contributed by atoms with E-state index in [1.807, 2.05) is 45.9 Å². The van der Waals surface area contributed by atoms with E-state index < -0.39 is 23.8 Å². The summed E-state index contributed by atoms with van der Waals surface area (Å²) >= 11 is 4.39. The van der Waals surface area contributed by atoms with Gasteiger partial charge in [0.25, 0.3) is 0 Å². The number of carbonyl (C=O) groups excluding carboxylic acids is 3. The summed E-state index contributed by atoms with van der Waals surface area (Å²) in [4.78, 5) is 42.3. The fraction of sp³-hybridized carbons (Fsp3) is 0.700. The van der Waals surface area contributed by atoms with Crippen molar-refractivity contribution < 1.29 is 19.1 Å². The predicted octanol–water partition coefficient (Wildman–Crippen LogP) is 6.13. The number of hydrogen-bond acceptors (Lipinski definition) is 5. The van der Waals surface area contributed by atoms with Crippen molar-refractivity contribution in [2.75, 3.05) is 5.75 Å². The Labute approximate surface area is 236 Å². The van der Waals surface area contributed by atoms with Crippen LogP contribution in [0.5, 0.6) is 0 Å². The highest BCUT2D eigenvalue weighted by molar-refractivity contribution is 7.80. The number of aryl methyl sites for hydroxylation is 2. The molecule has 2 N–H and O–H groups in total. The van der Waals surface area contributed by atoms with Crippen LogP contribution in [0.1, 0.15) is 104 Å². The van der Waals surface area contributed by atoms with E-state index in [2.05, 4.69) is 44.0 Å². The van der Waals surface area contributed by atoms with E-state index in [9.17, 15) is 14.4 Å². The molecule has 4 atom stereocenters. The largest absolute Gasteiger partial charge is 0.444 e. The van der Waals surface area contributed by atoms with E-state index in [4.69, 9.17) is 4.74 Å². The third kappa shape index (κ3) is 10.9. The second-order valence-electron chi connectivity index (χ2n) is 11.9. The van der Waals surface area contributed by atoms with Gasteiger partial charge in [-0.1, -0.05) is 45.4 Å². The molecular formula is C30H51N3O4S. The zero-order valence-electron chi connectivity index (χ0n) is 25.2. The van der Waals surface area contributed by atoms with Crippen molar-refractivity contribution in [3.63, 3.8) is 0 Å². The van der Waals surface area contributed by atoms with Gasteiger partial charge in [-0.15, -0.1) is 0 Å². The minimum Gasteiger partial charge on any atom is -0.444 e. The van der Waals surface area contributed by atoms with Gasteiger partial charge in [0, 0.05) is 17.8 Å². The average molecular weight is 550 g/mol. The Balaban J connectivity index is 3.59. The SMILES string of the molecule is CCCC(C)NC(=O)C(c1ccc(C)c(C)c1)N(C(=O)C(CS)NC(=O)OC(C)(C)C)C(C)CCC(C)C. The van der Waals surface area contributed by atoms with Gasteiger partial charge in [0.1, 0.15) is 17.7 Å². The third-order valence-corrected chi connectivity index (χ3v) is 6.91. The zero-order chi connectivity index (χ0) is 29.2. The van der Waals surface area contributed by atoms with Crippen LogP contribution in [0.25, 0.3) is 0 Å². The molecule has 0 saturated carbocycles. The normalized spacial score (nSPS) is 14.8. The van der Waals surface area contributed by atoms with Gasteiger partial charge in [0.2, 0.25) is 11.8 Å². The molecule has 1 aromatic rings. The van der Waals surface area contributed by atoms with E-state index in [-0.39, 0.29) is 29.7 Å². The molecule has 0 aliphatic carbocycles. The first-order valence-corrected chi connectivity index (χ1v) is 14.5. The molecular weight excluding hydrogens is 498 g/mol. The maximum atomic E-state index is 14.2. The molecule has 0 bridgehead atoms. The number of thiol groups is 1. The molecule has 0 fully saturated rings. The number of amides is 3. The van der Waals surface area contributed by atoms with Crippen molar-refractivity contribution in [1.29, 1.82) is 0 Å². The fourth-order valence-corrected chi connectivity index (χ4v) is 4.58. The molecule has 1 aromatic carbocycles. The van der Waals surface area contributed by atoms with E-state index in [0.717, 1.165) is 36.0 Å². The molecule has 1 rings (SSSR count). The average Bonchev–Trinajstić information content (AvgIpc) is 2.79. The third-order valence-electron chi connectivity index (χ3n) is 6.55. The molecule has 0 saturated heterocycles. The molecule has 0 aromatic heterocycles. The first-order valence-electron chi connectivity index (χ1n) is 13.9. The van der Waals surface area contributed by atoms with E-state index in [0.29, 0.717) is 12.3 Å². The summed E-state index contributed by atoms with van der Waals surface area (Å²) in [6, 6.07) is 3.78. The lowest BCUT2D eigenvalue weighted by molar-refractivity contribution is -0.145. The maximum Gasteiger partial charge on any atom is 0.408 e. The molecule has 0 aliphatic rings. The molecule has 8 heteroatoms. The molecule has 0 radical (unpaired) electrons. The van der Waals surface area contributed by atoms with Crippen molar-refractivity contribution in [1.82, 2.24) is 15.5 Å². The maximum absolute atomic E-state index is 14.2. The monoisotopic (exact) mass is 549 g/mol. The van der Waals surface area contributed by atoms with Crippen LogP contribution in [0.2, 0.25) is 0 Å². The Morgan fingerprint density at radius 2 is 1.61 bits per heavy atom. The molecule has 0 heterocycles. The van der Waals surface area contributed by atoms with Crippen LogP contribution in [0.4, 0.5) is 4.79 Å². The van der Waals surface area contributed by atoms with Gasteiger partial charge >= 0.3 is 6.09 Å². The number of alkyl carbamates (subject to hydrolysis) is 1. The minimum absolute atomic E-state index is 0.0370. The summed E-state index contributed by atoms with van der Waals surface area (Å²) in [5, 5.41) is 5.82. The van der Waals surface area contributed by atoms with Crippen molar-refractivity contribution in [3.8, 4) is 0 Å². The van der Waals surface area contributed by atoms with Gasteiger partial charge in [-0.2, -0.15) is 12.6 Å². The van der Waals surface area contributed by atoms with Crippen molar-refractivity contribution in [2.45, 2.75) is 125 Å². The van der Waals surface area contributed by atoms with Crippen LogP contribution >= 0.6 is 12.6 Å². The smallest absolute Gasteiger partial charge is 0.408 e. The molecule has 0 aliphatic heterocycles. The van der Waals surface area contributed by atoms with E-state index in [1.54, 1.807) is 25.7 Å². The Bertz CT molecular complexity index is 929. The number of hydrogen-bond donors (Lipinski definition) is 3. The molecule has 7 nitrogen and oxygen atoms in total. The molecule has 216 valence electrons. The molecule has 4 unspecified atom stereocenters. The summed E-state index contributed by atoms with van der Waals surface area (Å²) in [5.74, 6) is -0.0786. The minimum atomic E-state index is -0.954. The van der Waals surface area contributed by atoms with Gasteiger partial charge in [-0.3, -0.25) is 9.59 Å². The number of nitrogens with one attached hydrogen (secondary N) is 2. The van der Waals surface area contributed by atoms with Crippen LogP contribution in [0.3, 0.4) is 0 Å². The summed E-state index contributed by atoms with van der Waals surface area (Å²) in [5.41, 5.74) is 2.18. The standard InChI is InChI=1S/C30H51N3O4S/c1-11-12-22(6)31-27(34)26(24-16-14-20(4)21(5)17-24)33(23(7)15-13-19(2)3)28(35)25(18-38)32-29(36)37-30(8,9)10/h14,16-17,19,22-23,25-26,38H,11-13,15,18H2,1-10H3,(H,31,34)(H,32,36). The van der Waals surface area contributed by atoms with E-state index in [1.165, 1.54) is 0 Å². The lowest BCUT2D eigenvalue weighted by Gasteiger charge is -2.39. The number of nitrogens with zero attached hydrogens (tertiary/aromatic N) is 1. The second-order valence-corrected chi connectivity index (χ2v) is 12.3. The highest BCUT2D eigenvalue weighted by Gasteiger charge is 2.39. The van der Waals surface area contributed by atoms with Crippen molar-refractivity contribution >= 4 is 30.5 Å². The zero-order valence-corrected chi connectivity index (χ0v) is 26.1. The Morgan fingerprint density at radius 3 is 2.11 bits per heavy atom. The molecule has 0 spiro atoms. The number of carbonyl (C=O) groups is 3. The van der Waals surface area contributed by atoms with Crippen LogP contribution in [-0.2, 0) is 14.3 Å². The topological polar surface area (TPSA) is 87.7 Å². The number of ether oxygens (including phenoxy) is 1. The second kappa shape index (κ2) is 15.4. The van der Waals surface area contributed by atoms with Crippen molar-refractivity contribution in [3.05, 3.63) is 34.9 Å². The lowest BCUT2D eigenvalue weighted by Crippen LogP contribution is -2.56. The summed E-state index contributed by atoms with van der Waals surface area (Å²) in [6.07, 6.45) is 2.69. The summed E-state index contributed by atoms with van der Waals surface area (Å²) in [7, 11) is 0. The Kier molecular flexibility index (Phi) is 13.7. The molecule has 38 heavy (non-hydrogen) atoms. The van der Waals surface area contributed by atoms with Gasteiger partial charge in [-0.25, -0.2) is 4.79 Å². The van der Waals surface area contributed by atoms with Crippen molar-refractivity contribution in [2.24, 2.45) is 5.92 Å². The Hall–Kier alpha value is -2.22. The fourth-order valence-electron chi connectivity index (χ4n) is 4.33. The lowest BCUT2D eigenvalue weighted by atomic mass is 9.95. The summed E-state index contributed by atoms with van der Waals surface area (Å²) < 4.78 is 5.41. The number of benzene rings is 1. The Morgan fingerprint density at radius 1 is 0.974 bits per heavy atom. The van der Waals surface area contributed by atoms with Crippen LogP contribution in [0, 0.1) is 19.8 Å². The first kappa shape index (κ1) is 33.8. The first-order chi connectivity index (χ1) is 17.6. The summed E-state index contributed by atoms with van der Waals surface area (Å²) in [6.45, 7) is 19.6. The van der Waals surface area contributed by atoms with Gasteiger partial charge in [0.05, 0.1) is 0 Å².